The van der Waals surface area contributed by atoms with Crippen LogP contribution in [-0.4, -0.2) is 72.1 Å². The van der Waals surface area contributed by atoms with E-state index in [4.69, 9.17) is 9.47 Å². The number of carbonyl (C=O) groups is 3. The summed E-state index contributed by atoms with van der Waals surface area (Å²) in [5.41, 5.74) is 0.618. The number of nitrogens with one attached hydrogen (secondary N) is 1. The lowest BCUT2D eigenvalue weighted by molar-refractivity contribution is -0.385. The van der Waals surface area contributed by atoms with Crippen molar-refractivity contribution in [1.29, 1.82) is 0 Å². The molecular weight excluding hydrogens is 709 g/mol. The molecule has 2 heterocycles. The highest BCUT2D eigenvalue weighted by Gasteiger charge is 2.66. The number of non-ortho nitro benzene ring substituents is 1. The molecule has 54 heavy (non-hydrogen) atoms. The van der Waals surface area contributed by atoms with Gasteiger partial charge in [0.15, 0.2) is 13.9 Å². The maximum absolute atomic E-state index is 14.9. The summed E-state index contributed by atoms with van der Waals surface area (Å²) >= 11 is 0. The fourth-order valence-corrected chi connectivity index (χ4v) is 10.5. The molecule has 2 aliphatic rings. The fourth-order valence-electron chi connectivity index (χ4n) is 7.93. The van der Waals surface area contributed by atoms with Gasteiger partial charge in [-0.15, -0.1) is 0 Å². The molecule has 3 amide bonds. The van der Waals surface area contributed by atoms with Gasteiger partial charge in [0, 0.05) is 53.5 Å². The SMILES string of the molecule is COc1ccc(C(=O)Nc2cccc(CN3C(=O)[C@]4(O[C@H](CC(=O)N(CCO)Cc5ccccc5)[C@@H]([Si](C)(C)O)[C@@H]4C)c4cc([N+](=O)[O-])ccc43)c2)cc1. The van der Waals surface area contributed by atoms with Crippen molar-refractivity contribution >= 4 is 43.1 Å². The van der Waals surface area contributed by atoms with E-state index in [1.54, 1.807) is 69.6 Å². The number of nitro benzene ring substituents is 1. The van der Waals surface area contributed by atoms with Crippen LogP contribution in [-0.2, 0) is 33.0 Å². The van der Waals surface area contributed by atoms with Crippen LogP contribution in [0.25, 0.3) is 0 Å². The first-order valence-corrected chi connectivity index (χ1v) is 20.8. The van der Waals surface area contributed by atoms with Gasteiger partial charge in [-0.3, -0.25) is 24.5 Å². The number of aliphatic hydroxyl groups excluding tert-OH is 1. The third kappa shape index (κ3) is 7.50. The number of amides is 3. The molecule has 4 aromatic rings. The predicted octanol–water partition coefficient (Wildman–Crippen LogP) is 5.61. The van der Waals surface area contributed by atoms with Gasteiger partial charge in [-0.05, 0) is 66.7 Å². The number of aliphatic hydroxyl groups is 1. The van der Waals surface area contributed by atoms with Crippen molar-refractivity contribution in [2.75, 3.05) is 30.5 Å². The number of nitro groups is 1. The molecule has 4 aromatic carbocycles. The van der Waals surface area contributed by atoms with Crippen LogP contribution in [0.5, 0.6) is 5.75 Å². The standard InChI is InChI=1S/C40H44N4O9Si/c1-26-37(54(3,4)51)35(23-36(46)42(19-20-45)24-27-9-6-5-7-10-27)53-40(26)33-22-31(44(49)50)15-18-34(33)43(39(40)48)25-28-11-8-12-30(21-28)41-38(47)29-13-16-32(52-2)17-14-29/h5-18,21-22,26,35,37,45,51H,19-20,23-25H2,1-4H3,(H,41,47)/t26-,35+,37-,40+/m0/s1. The van der Waals surface area contributed by atoms with Gasteiger partial charge < -0.3 is 34.5 Å². The van der Waals surface area contributed by atoms with Crippen molar-refractivity contribution < 1.29 is 38.7 Å². The second kappa shape index (κ2) is 15.5. The summed E-state index contributed by atoms with van der Waals surface area (Å²) in [6.45, 7) is 5.39. The minimum atomic E-state index is -3.17. The molecule has 282 valence electrons. The topological polar surface area (TPSA) is 172 Å². The predicted molar refractivity (Wildman–Crippen MR) is 204 cm³/mol. The van der Waals surface area contributed by atoms with E-state index < -0.39 is 42.3 Å². The average molecular weight is 753 g/mol. The molecule has 0 aliphatic carbocycles. The van der Waals surface area contributed by atoms with Gasteiger partial charge in [-0.2, -0.15) is 0 Å². The monoisotopic (exact) mass is 752 g/mol. The Morgan fingerprint density at radius 2 is 1.72 bits per heavy atom. The van der Waals surface area contributed by atoms with Gasteiger partial charge in [0.2, 0.25) is 5.91 Å². The zero-order valence-corrected chi connectivity index (χ0v) is 31.6. The van der Waals surface area contributed by atoms with Gasteiger partial charge in [-0.1, -0.05) is 49.4 Å². The van der Waals surface area contributed by atoms with Gasteiger partial charge in [0.25, 0.3) is 17.5 Å². The molecule has 0 bridgehead atoms. The molecular formula is C40H44N4O9Si. The lowest BCUT2D eigenvalue weighted by atomic mass is 9.82. The number of carbonyl (C=O) groups excluding carboxylic acids is 3. The molecule has 0 saturated carbocycles. The maximum Gasteiger partial charge on any atom is 0.269 e. The van der Waals surface area contributed by atoms with Crippen molar-refractivity contribution in [3.05, 3.63) is 129 Å². The van der Waals surface area contributed by atoms with Crippen LogP contribution in [0.3, 0.4) is 0 Å². The summed E-state index contributed by atoms with van der Waals surface area (Å²) < 4.78 is 12.0. The second-order valence-corrected chi connectivity index (χ2v) is 18.3. The summed E-state index contributed by atoms with van der Waals surface area (Å²) in [6, 6.07) is 27.3. The number of nitrogens with zero attached hydrogens (tertiary/aromatic N) is 3. The van der Waals surface area contributed by atoms with Crippen molar-refractivity contribution in [2.24, 2.45) is 5.92 Å². The summed E-state index contributed by atoms with van der Waals surface area (Å²) in [6.07, 6.45) is -1.07. The third-order valence-corrected chi connectivity index (χ3v) is 12.9. The first-order valence-electron chi connectivity index (χ1n) is 17.7. The van der Waals surface area contributed by atoms with Crippen LogP contribution >= 0.6 is 0 Å². The first-order chi connectivity index (χ1) is 25.8. The van der Waals surface area contributed by atoms with Crippen molar-refractivity contribution in [2.45, 2.75) is 56.8 Å². The highest BCUT2D eigenvalue weighted by Crippen LogP contribution is 2.60. The van der Waals surface area contributed by atoms with E-state index >= 15 is 0 Å². The van der Waals surface area contributed by atoms with E-state index in [9.17, 15) is 34.4 Å². The van der Waals surface area contributed by atoms with Crippen LogP contribution in [0.1, 0.15) is 40.4 Å². The zero-order valence-electron chi connectivity index (χ0n) is 30.6. The Morgan fingerprint density at radius 1 is 1.02 bits per heavy atom. The molecule has 3 N–H and O–H groups in total. The highest BCUT2D eigenvalue weighted by atomic mass is 28.4. The Kier molecular flexibility index (Phi) is 11.0. The molecule has 1 saturated heterocycles. The summed E-state index contributed by atoms with van der Waals surface area (Å²) in [7, 11) is -1.63. The second-order valence-electron chi connectivity index (χ2n) is 14.3. The molecule has 2 aliphatic heterocycles. The Hall–Kier alpha value is -5.41. The summed E-state index contributed by atoms with van der Waals surface area (Å²) in [4.78, 5) is 68.1. The Balaban J connectivity index is 1.32. The highest BCUT2D eigenvalue weighted by molar-refractivity contribution is 6.71. The minimum Gasteiger partial charge on any atom is -0.497 e. The molecule has 0 radical (unpaired) electrons. The fraction of sp³-hybridized carbons (Fsp3) is 0.325. The number of hydrogen-bond donors (Lipinski definition) is 3. The van der Waals surface area contributed by atoms with Crippen LogP contribution in [0, 0.1) is 16.0 Å². The van der Waals surface area contributed by atoms with Crippen LogP contribution in [0.4, 0.5) is 17.1 Å². The zero-order chi connectivity index (χ0) is 38.8. The Bertz CT molecular complexity index is 2040. The largest absolute Gasteiger partial charge is 0.497 e. The first kappa shape index (κ1) is 38.3. The van der Waals surface area contributed by atoms with Gasteiger partial charge in [-0.25, -0.2) is 0 Å². The normalized spacial score (nSPS) is 20.5. The maximum atomic E-state index is 14.9. The Labute approximate surface area is 314 Å². The smallest absolute Gasteiger partial charge is 0.269 e. The molecule has 14 heteroatoms. The van der Waals surface area contributed by atoms with E-state index in [-0.39, 0.29) is 50.2 Å². The number of ether oxygens (including phenoxy) is 2. The number of anilines is 2. The van der Waals surface area contributed by atoms with E-state index in [2.05, 4.69) is 5.32 Å². The van der Waals surface area contributed by atoms with E-state index in [1.807, 2.05) is 36.4 Å². The van der Waals surface area contributed by atoms with Crippen molar-refractivity contribution in [3.63, 3.8) is 0 Å². The summed E-state index contributed by atoms with van der Waals surface area (Å²) in [5.74, 6) is -1.17. The Morgan fingerprint density at radius 3 is 2.37 bits per heavy atom. The number of fused-ring (bicyclic) bond motifs is 2. The van der Waals surface area contributed by atoms with Crippen molar-refractivity contribution in [3.8, 4) is 5.75 Å². The van der Waals surface area contributed by atoms with E-state index in [0.717, 1.165) is 5.56 Å². The number of hydrogen-bond acceptors (Lipinski definition) is 9. The molecule has 0 unspecified atom stereocenters. The lowest BCUT2D eigenvalue weighted by Crippen LogP contribution is -2.46. The van der Waals surface area contributed by atoms with Crippen LogP contribution in [0.2, 0.25) is 18.6 Å². The average Bonchev–Trinajstić information content (AvgIpc) is 3.57. The van der Waals surface area contributed by atoms with Crippen LogP contribution < -0.4 is 15.0 Å². The molecule has 1 spiro atoms. The molecule has 6 rings (SSSR count). The van der Waals surface area contributed by atoms with Crippen LogP contribution in [0.15, 0.2) is 97.1 Å². The number of methoxy groups -OCH3 is 1. The number of rotatable bonds is 13. The molecule has 1 fully saturated rings. The van der Waals surface area contributed by atoms with Gasteiger partial charge in [0.1, 0.15) is 5.75 Å². The molecule has 13 nitrogen and oxygen atoms in total. The molecule has 0 aromatic heterocycles. The quantitative estimate of drug-likeness (QED) is 0.0892. The molecule has 4 atom stereocenters. The van der Waals surface area contributed by atoms with Gasteiger partial charge in [0.05, 0.1) is 43.4 Å². The van der Waals surface area contributed by atoms with Crippen molar-refractivity contribution in [1.82, 2.24) is 4.90 Å². The van der Waals surface area contributed by atoms with Gasteiger partial charge >= 0.3 is 0 Å². The minimum absolute atomic E-state index is 0.0449. The number of benzene rings is 4. The lowest BCUT2D eigenvalue weighted by Gasteiger charge is -2.32. The van der Waals surface area contributed by atoms with E-state index in [0.29, 0.717) is 33.8 Å². The summed E-state index contributed by atoms with van der Waals surface area (Å²) in [5, 5.41) is 24.8. The third-order valence-electron chi connectivity index (χ3n) is 10.4. The van der Waals surface area contributed by atoms with E-state index in [1.165, 1.54) is 28.0 Å².